The monoisotopic (exact) mass is 436 g/mol. The van der Waals surface area contributed by atoms with Crippen LogP contribution in [0.5, 0.6) is 17.2 Å². The molecule has 7 nitrogen and oxygen atoms in total. The van der Waals surface area contributed by atoms with Crippen LogP contribution in [0.25, 0.3) is 6.08 Å². The van der Waals surface area contributed by atoms with Crippen LogP contribution in [0.3, 0.4) is 0 Å². The molecule has 1 amide bonds. The highest BCUT2D eigenvalue weighted by Crippen LogP contribution is 2.29. The molecular weight excluding hydrogens is 408 g/mol. The Morgan fingerprint density at radius 3 is 2.59 bits per heavy atom. The Kier molecular flexibility index (Phi) is 9.30. The maximum atomic E-state index is 12.3. The second-order valence-corrected chi connectivity index (χ2v) is 7.33. The lowest BCUT2D eigenvalue weighted by atomic mass is 10.0. The van der Waals surface area contributed by atoms with Gasteiger partial charge in [0.2, 0.25) is 0 Å². The number of rotatable bonds is 10. The Balaban J connectivity index is 2.07. The number of nitrogens with one attached hydrogen (secondary N) is 1. The van der Waals surface area contributed by atoms with Gasteiger partial charge in [0.05, 0.1) is 7.11 Å². The van der Waals surface area contributed by atoms with Gasteiger partial charge in [-0.1, -0.05) is 39.0 Å². The van der Waals surface area contributed by atoms with E-state index in [1.807, 2.05) is 31.2 Å². The van der Waals surface area contributed by atoms with Gasteiger partial charge in [0.25, 0.3) is 5.91 Å². The highest BCUT2D eigenvalue weighted by Gasteiger charge is 2.13. The van der Waals surface area contributed by atoms with E-state index in [0.29, 0.717) is 29.5 Å². The average Bonchev–Trinajstić information content (AvgIpc) is 2.80. The zero-order valence-electron chi connectivity index (χ0n) is 18.8. The van der Waals surface area contributed by atoms with Gasteiger partial charge in [-0.05, 0) is 53.8 Å². The van der Waals surface area contributed by atoms with Crippen LogP contribution in [-0.2, 0) is 9.59 Å². The van der Waals surface area contributed by atoms with Crippen LogP contribution in [0.4, 0.5) is 0 Å². The lowest BCUT2D eigenvalue weighted by molar-refractivity contribution is -0.136. The van der Waals surface area contributed by atoms with Gasteiger partial charge < -0.3 is 19.5 Å². The van der Waals surface area contributed by atoms with E-state index < -0.39 is 11.9 Å². The first-order valence-electron chi connectivity index (χ1n) is 10.4. The zero-order chi connectivity index (χ0) is 23.5. The third-order valence-corrected chi connectivity index (χ3v) is 4.50. The number of hydrogen-bond acceptors (Lipinski definition) is 6. The Bertz CT molecular complexity index is 1020. The Morgan fingerprint density at radius 2 is 1.94 bits per heavy atom. The summed E-state index contributed by atoms with van der Waals surface area (Å²) < 4.78 is 16.2. The molecule has 0 radical (unpaired) electrons. The predicted molar refractivity (Wildman–Crippen MR) is 122 cm³/mol. The first kappa shape index (κ1) is 24.5. The van der Waals surface area contributed by atoms with E-state index in [1.54, 1.807) is 24.3 Å². The third-order valence-electron chi connectivity index (χ3n) is 4.50. The maximum absolute atomic E-state index is 12.3. The van der Waals surface area contributed by atoms with E-state index in [4.69, 9.17) is 14.2 Å². The number of nitrogens with zero attached hydrogens (tertiary/aromatic N) is 1. The van der Waals surface area contributed by atoms with Crippen LogP contribution in [-0.4, -0.2) is 32.1 Å². The average molecular weight is 437 g/mol. The summed E-state index contributed by atoms with van der Waals surface area (Å²) in [6.45, 7) is 6.31. The number of hydrogen-bond donors (Lipinski definition) is 1. The first-order chi connectivity index (χ1) is 15.4. The molecule has 7 heteroatoms. The van der Waals surface area contributed by atoms with Crippen molar-refractivity contribution < 1.29 is 23.8 Å². The summed E-state index contributed by atoms with van der Waals surface area (Å²) in [5.74, 6) is 0.413. The van der Waals surface area contributed by atoms with E-state index in [0.717, 1.165) is 12.0 Å². The lowest BCUT2D eigenvalue weighted by Gasteiger charge is -2.12. The van der Waals surface area contributed by atoms with Crippen LogP contribution in [0.1, 0.15) is 44.2 Å². The SMILES string of the molecule is CCCNC(=O)/C(C#N)=C/c1ccc(OC(=O)COc2cccc(C(C)C)c2)c(OC)c1. The smallest absolute Gasteiger partial charge is 0.349 e. The fourth-order valence-electron chi connectivity index (χ4n) is 2.77. The maximum Gasteiger partial charge on any atom is 0.349 e. The van der Waals surface area contributed by atoms with Crippen LogP contribution in [0, 0.1) is 11.3 Å². The van der Waals surface area contributed by atoms with Gasteiger partial charge in [-0.3, -0.25) is 4.79 Å². The number of esters is 1. The molecule has 2 aromatic rings. The molecule has 0 atom stereocenters. The number of carbonyl (C=O) groups is 2. The molecule has 0 fully saturated rings. The molecule has 0 saturated carbocycles. The molecule has 2 aromatic carbocycles. The minimum absolute atomic E-state index is 0.0257. The van der Waals surface area contributed by atoms with Gasteiger partial charge >= 0.3 is 5.97 Å². The predicted octanol–water partition coefficient (Wildman–Crippen LogP) is 4.24. The van der Waals surface area contributed by atoms with Crippen molar-refractivity contribution in [1.82, 2.24) is 5.32 Å². The summed E-state index contributed by atoms with van der Waals surface area (Å²) in [7, 11) is 1.44. The summed E-state index contributed by atoms with van der Waals surface area (Å²) in [4.78, 5) is 24.3. The zero-order valence-corrected chi connectivity index (χ0v) is 18.8. The highest BCUT2D eigenvalue weighted by molar-refractivity contribution is 6.01. The number of carbonyl (C=O) groups excluding carboxylic acids is 2. The quantitative estimate of drug-likeness (QED) is 0.259. The van der Waals surface area contributed by atoms with Crippen molar-refractivity contribution in [2.24, 2.45) is 0 Å². The van der Waals surface area contributed by atoms with Gasteiger partial charge in [-0.25, -0.2) is 4.79 Å². The molecule has 2 rings (SSSR count). The Labute approximate surface area is 188 Å². The van der Waals surface area contributed by atoms with Gasteiger partial charge in [-0.2, -0.15) is 5.26 Å². The summed E-state index contributed by atoms with van der Waals surface area (Å²) in [6.07, 6.45) is 2.22. The number of amides is 1. The fraction of sp³-hybridized carbons (Fsp3) is 0.320. The second kappa shape index (κ2) is 12.2. The molecule has 32 heavy (non-hydrogen) atoms. The fourth-order valence-corrected chi connectivity index (χ4v) is 2.77. The Hall–Kier alpha value is -3.79. The van der Waals surface area contributed by atoms with Gasteiger partial charge in [0, 0.05) is 6.54 Å². The molecule has 0 aliphatic rings. The van der Waals surface area contributed by atoms with E-state index in [9.17, 15) is 14.9 Å². The van der Waals surface area contributed by atoms with E-state index in [-0.39, 0.29) is 17.9 Å². The van der Waals surface area contributed by atoms with Gasteiger partial charge in [-0.15, -0.1) is 0 Å². The molecule has 0 aliphatic carbocycles. The molecule has 0 aliphatic heterocycles. The number of nitriles is 1. The molecular formula is C25H28N2O5. The number of ether oxygens (including phenoxy) is 3. The summed E-state index contributed by atoms with van der Waals surface area (Å²) in [6, 6.07) is 14.2. The summed E-state index contributed by atoms with van der Waals surface area (Å²) in [5.41, 5.74) is 1.65. The van der Waals surface area contributed by atoms with Crippen molar-refractivity contribution in [2.45, 2.75) is 33.1 Å². The second-order valence-electron chi connectivity index (χ2n) is 7.33. The molecule has 0 bridgehead atoms. The minimum Gasteiger partial charge on any atom is -0.493 e. The van der Waals surface area contributed by atoms with Crippen molar-refractivity contribution in [3.8, 4) is 23.3 Å². The van der Waals surface area contributed by atoms with Crippen LogP contribution in [0.15, 0.2) is 48.0 Å². The van der Waals surface area contributed by atoms with Gasteiger partial charge in [0.1, 0.15) is 17.4 Å². The number of benzene rings is 2. The largest absolute Gasteiger partial charge is 0.493 e. The molecule has 1 N–H and O–H groups in total. The molecule has 0 spiro atoms. The highest BCUT2D eigenvalue weighted by atomic mass is 16.6. The Morgan fingerprint density at radius 1 is 1.16 bits per heavy atom. The summed E-state index contributed by atoms with van der Waals surface area (Å²) >= 11 is 0. The molecule has 0 saturated heterocycles. The van der Waals surface area contributed by atoms with Crippen LogP contribution in [0.2, 0.25) is 0 Å². The lowest BCUT2D eigenvalue weighted by Crippen LogP contribution is -2.25. The molecule has 0 heterocycles. The van der Waals surface area contributed by atoms with Crippen molar-refractivity contribution in [1.29, 1.82) is 5.26 Å². The van der Waals surface area contributed by atoms with E-state index in [2.05, 4.69) is 19.2 Å². The van der Waals surface area contributed by atoms with Crippen molar-refractivity contribution >= 4 is 18.0 Å². The molecule has 0 unspecified atom stereocenters. The van der Waals surface area contributed by atoms with Gasteiger partial charge in [0.15, 0.2) is 18.1 Å². The molecule has 0 aromatic heterocycles. The van der Waals surface area contributed by atoms with E-state index in [1.165, 1.54) is 13.2 Å². The first-order valence-corrected chi connectivity index (χ1v) is 10.4. The van der Waals surface area contributed by atoms with E-state index >= 15 is 0 Å². The summed E-state index contributed by atoms with van der Waals surface area (Å²) in [5, 5.41) is 11.9. The van der Waals surface area contributed by atoms with Crippen molar-refractivity contribution in [3.05, 3.63) is 59.2 Å². The normalized spacial score (nSPS) is 10.9. The minimum atomic E-state index is -0.585. The number of methoxy groups -OCH3 is 1. The topological polar surface area (TPSA) is 97.7 Å². The van der Waals surface area contributed by atoms with Crippen LogP contribution < -0.4 is 19.5 Å². The van der Waals surface area contributed by atoms with Crippen molar-refractivity contribution in [3.63, 3.8) is 0 Å². The van der Waals surface area contributed by atoms with Crippen LogP contribution >= 0.6 is 0 Å². The molecule has 168 valence electrons. The standard InChI is InChI=1S/C25H28N2O5/c1-5-11-27-25(29)20(15-26)12-18-9-10-22(23(13-18)30-4)32-24(28)16-31-21-8-6-7-19(14-21)17(2)3/h6-10,12-14,17H,5,11,16H2,1-4H3,(H,27,29)/b20-12+. The van der Waals surface area contributed by atoms with Crippen molar-refractivity contribution in [2.75, 3.05) is 20.3 Å². The third kappa shape index (κ3) is 7.17.